The van der Waals surface area contributed by atoms with Crippen LogP contribution < -0.4 is 0 Å². The second kappa shape index (κ2) is 8.89. The van der Waals surface area contributed by atoms with Crippen LogP contribution in [0.15, 0.2) is 52.4 Å². The van der Waals surface area contributed by atoms with Crippen molar-refractivity contribution in [3.8, 4) is 0 Å². The lowest BCUT2D eigenvalue weighted by atomic mass is 10.1. The molecule has 0 aromatic heterocycles. The molecule has 0 spiro atoms. The predicted molar refractivity (Wildman–Crippen MR) is 111 cm³/mol. The molecule has 0 saturated heterocycles. The first kappa shape index (κ1) is 20.6. The Balaban J connectivity index is 1.73. The minimum absolute atomic E-state index is 0.00830. The third-order valence-corrected chi connectivity index (χ3v) is 6.37. The molecule has 0 bridgehead atoms. The maximum atomic E-state index is 12.6. The summed E-state index contributed by atoms with van der Waals surface area (Å²) in [5, 5.41) is 1.34. The van der Waals surface area contributed by atoms with Gasteiger partial charge in [-0.25, -0.2) is 4.79 Å². The first-order valence-electron chi connectivity index (χ1n) is 7.81. The van der Waals surface area contributed by atoms with Crippen molar-refractivity contribution in [3.05, 3.63) is 78.6 Å². The van der Waals surface area contributed by atoms with E-state index in [9.17, 15) is 9.59 Å². The minimum atomic E-state index is -0.735. The fourth-order valence-corrected chi connectivity index (χ4v) is 4.51. The fraction of sp³-hybridized carbons (Fsp3) is 0.158. The lowest BCUT2D eigenvalue weighted by Gasteiger charge is -2.14. The number of carbonyl (C=O) groups is 2. The van der Waals surface area contributed by atoms with Gasteiger partial charge in [-0.3, -0.25) is 4.79 Å². The van der Waals surface area contributed by atoms with Crippen molar-refractivity contribution in [2.24, 2.45) is 0 Å². The molecule has 2 aromatic rings. The van der Waals surface area contributed by atoms with Crippen LogP contribution in [0.3, 0.4) is 0 Å². The third-order valence-electron chi connectivity index (χ3n) is 3.85. The summed E-state index contributed by atoms with van der Waals surface area (Å²) in [6.45, 7) is 0. The van der Waals surface area contributed by atoms with Gasteiger partial charge >= 0.3 is 5.97 Å². The van der Waals surface area contributed by atoms with Crippen LogP contribution in [-0.2, 0) is 15.3 Å². The van der Waals surface area contributed by atoms with Gasteiger partial charge < -0.3 is 4.74 Å². The number of ether oxygens (including phenoxy) is 1. The molecule has 3 rings (SSSR count). The number of benzene rings is 2. The number of esters is 1. The summed E-state index contributed by atoms with van der Waals surface area (Å²) in [4.78, 5) is 25.0. The molecule has 0 fully saturated rings. The first-order chi connectivity index (χ1) is 12.8. The van der Waals surface area contributed by atoms with Crippen molar-refractivity contribution < 1.29 is 14.3 Å². The Morgan fingerprint density at radius 2 is 1.67 bits per heavy atom. The summed E-state index contributed by atoms with van der Waals surface area (Å²) < 4.78 is 5.27. The molecule has 2 aromatic carbocycles. The van der Waals surface area contributed by atoms with E-state index >= 15 is 0 Å². The van der Waals surface area contributed by atoms with E-state index in [-0.39, 0.29) is 22.3 Å². The van der Waals surface area contributed by atoms with Gasteiger partial charge in [0.15, 0.2) is 5.78 Å². The van der Waals surface area contributed by atoms with Crippen molar-refractivity contribution in [3.63, 3.8) is 0 Å². The lowest BCUT2D eigenvalue weighted by molar-refractivity contribution is -0.138. The Bertz CT molecular complexity index is 925. The van der Waals surface area contributed by atoms with E-state index in [1.165, 1.54) is 17.8 Å². The number of halogens is 4. The molecule has 0 N–H and O–H groups in total. The lowest BCUT2D eigenvalue weighted by Crippen LogP contribution is -2.16. The third kappa shape index (κ3) is 5.01. The van der Waals surface area contributed by atoms with E-state index in [1.54, 1.807) is 24.3 Å². The largest absolute Gasteiger partial charge is 0.452 e. The highest BCUT2D eigenvalue weighted by molar-refractivity contribution is 8.02. The molecule has 27 heavy (non-hydrogen) atoms. The van der Waals surface area contributed by atoms with E-state index in [0.717, 1.165) is 5.56 Å². The number of ketones is 1. The summed E-state index contributed by atoms with van der Waals surface area (Å²) in [6, 6.07) is 12.0. The second-order valence-electron chi connectivity index (χ2n) is 5.74. The van der Waals surface area contributed by atoms with Gasteiger partial charge in [0.1, 0.15) is 11.1 Å². The van der Waals surface area contributed by atoms with Gasteiger partial charge in [0, 0.05) is 21.4 Å². The van der Waals surface area contributed by atoms with Crippen molar-refractivity contribution in [1.29, 1.82) is 0 Å². The molecule has 1 aliphatic heterocycles. The number of hydrogen-bond donors (Lipinski definition) is 0. The van der Waals surface area contributed by atoms with Gasteiger partial charge in [0.25, 0.3) is 0 Å². The zero-order chi connectivity index (χ0) is 19.6. The topological polar surface area (TPSA) is 43.4 Å². The smallest absolute Gasteiger partial charge is 0.351 e. The zero-order valence-electron chi connectivity index (χ0n) is 13.7. The number of rotatable bonds is 6. The van der Waals surface area contributed by atoms with E-state index in [2.05, 4.69) is 0 Å². The predicted octanol–water partition coefficient (Wildman–Crippen LogP) is 6.53. The molecule has 1 aliphatic rings. The quantitative estimate of drug-likeness (QED) is 0.362. The molecule has 0 amide bonds. The fourth-order valence-electron chi connectivity index (χ4n) is 2.50. The van der Waals surface area contributed by atoms with Crippen molar-refractivity contribution >= 4 is 69.9 Å². The SMILES string of the molecule is O=C1OC(CC(=O)c2ccc(Cl)cc2Cl)C(SCc2ccc(Cl)cc2)=C1Cl. The van der Waals surface area contributed by atoms with Crippen LogP contribution in [-0.4, -0.2) is 17.9 Å². The Hall–Kier alpha value is -1.17. The van der Waals surface area contributed by atoms with Crippen LogP contribution in [0.25, 0.3) is 0 Å². The zero-order valence-corrected chi connectivity index (χ0v) is 17.5. The van der Waals surface area contributed by atoms with Crippen LogP contribution in [0.2, 0.25) is 15.1 Å². The number of thioether (sulfide) groups is 1. The van der Waals surface area contributed by atoms with E-state index in [4.69, 9.17) is 51.1 Å². The van der Waals surface area contributed by atoms with Crippen LogP contribution >= 0.6 is 58.2 Å². The minimum Gasteiger partial charge on any atom is -0.452 e. The monoisotopic (exact) mass is 460 g/mol. The number of cyclic esters (lactones) is 1. The molecule has 1 atom stereocenters. The Morgan fingerprint density at radius 1 is 1.00 bits per heavy atom. The summed E-state index contributed by atoms with van der Waals surface area (Å²) in [5.74, 6) is -0.327. The Kier molecular flexibility index (Phi) is 6.77. The van der Waals surface area contributed by atoms with Crippen LogP contribution in [0.5, 0.6) is 0 Å². The highest BCUT2D eigenvalue weighted by Crippen LogP contribution is 2.38. The van der Waals surface area contributed by atoms with Gasteiger partial charge in [-0.05, 0) is 35.9 Å². The van der Waals surface area contributed by atoms with Crippen molar-refractivity contribution in [1.82, 2.24) is 0 Å². The van der Waals surface area contributed by atoms with Crippen LogP contribution in [0, 0.1) is 0 Å². The summed E-state index contributed by atoms with van der Waals surface area (Å²) in [6.07, 6.45) is -0.784. The summed E-state index contributed by atoms with van der Waals surface area (Å²) in [5.41, 5.74) is 1.33. The summed E-state index contributed by atoms with van der Waals surface area (Å²) >= 11 is 25.3. The highest BCUT2D eigenvalue weighted by atomic mass is 35.5. The normalized spacial score (nSPS) is 16.6. The second-order valence-corrected chi connectivity index (χ2v) is 8.41. The molecule has 140 valence electrons. The Labute approximate surface area is 180 Å². The number of hydrogen-bond acceptors (Lipinski definition) is 4. The molecule has 8 heteroatoms. The van der Waals surface area contributed by atoms with Gasteiger partial charge in [0.05, 0.1) is 16.3 Å². The van der Waals surface area contributed by atoms with Gasteiger partial charge in [0.2, 0.25) is 0 Å². The standard InChI is InChI=1S/C19H12Cl4O3S/c20-11-3-1-10(2-4-11)9-27-18-16(26-19(25)17(18)23)8-15(24)13-6-5-12(21)7-14(13)22/h1-7,16H,8-9H2. The molecule has 0 saturated carbocycles. The molecule has 0 aliphatic carbocycles. The van der Waals surface area contributed by atoms with Gasteiger partial charge in [-0.1, -0.05) is 58.5 Å². The van der Waals surface area contributed by atoms with E-state index < -0.39 is 12.1 Å². The van der Waals surface area contributed by atoms with Crippen molar-refractivity contribution in [2.45, 2.75) is 18.3 Å². The molecular formula is C19H12Cl4O3S. The molecule has 1 heterocycles. The average Bonchev–Trinajstić information content (AvgIpc) is 2.88. The van der Waals surface area contributed by atoms with E-state index in [1.807, 2.05) is 12.1 Å². The maximum absolute atomic E-state index is 12.6. The molecular weight excluding hydrogens is 450 g/mol. The highest BCUT2D eigenvalue weighted by Gasteiger charge is 2.35. The molecule has 1 unspecified atom stereocenters. The molecule has 3 nitrogen and oxygen atoms in total. The van der Waals surface area contributed by atoms with Crippen LogP contribution in [0.1, 0.15) is 22.3 Å². The molecule has 0 radical (unpaired) electrons. The average molecular weight is 462 g/mol. The summed E-state index contributed by atoms with van der Waals surface area (Å²) in [7, 11) is 0. The van der Waals surface area contributed by atoms with Crippen molar-refractivity contribution in [2.75, 3.05) is 0 Å². The number of Topliss-reactive ketones (excluding diaryl/α,β-unsaturated/α-hetero) is 1. The van der Waals surface area contributed by atoms with Gasteiger partial charge in [-0.2, -0.15) is 0 Å². The number of carbonyl (C=O) groups excluding carboxylic acids is 2. The van der Waals surface area contributed by atoms with Crippen LogP contribution in [0.4, 0.5) is 0 Å². The van der Waals surface area contributed by atoms with E-state index in [0.29, 0.717) is 26.3 Å². The first-order valence-corrected chi connectivity index (χ1v) is 10.3. The Morgan fingerprint density at radius 3 is 2.33 bits per heavy atom. The maximum Gasteiger partial charge on any atom is 0.351 e. The van der Waals surface area contributed by atoms with Gasteiger partial charge in [-0.15, -0.1) is 11.8 Å².